The molecule has 1 amide bonds. The van der Waals surface area contributed by atoms with Crippen molar-refractivity contribution in [1.82, 2.24) is 20.1 Å². The molecule has 33 heavy (non-hydrogen) atoms. The van der Waals surface area contributed by atoms with E-state index in [9.17, 15) is 19.3 Å². The van der Waals surface area contributed by atoms with Crippen LogP contribution >= 0.6 is 0 Å². The summed E-state index contributed by atoms with van der Waals surface area (Å²) in [5.41, 5.74) is 1.43. The van der Waals surface area contributed by atoms with E-state index in [0.717, 1.165) is 44.6 Å². The van der Waals surface area contributed by atoms with Crippen LogP contribution in [0.15, 0.2) is 35.0 Å². The Labute approximate surface area is 188 Å². The molecule has 5 rings (SSSR count). The lowest BCUT2D eigenvalue weighted by Gasteiger charge is -2.34. The molecule has 11 heteroatoms. The highest BCUT2D eigenvalue weighted by Crippen LogP contribution is 2.47. The second-order valence-corrected chi connectivity index (χ2v) is 8.61. The number of hydrogen-bond donors (Lipinski definition) is 0. The maximum Gasteiger partial charge on any atom is 0.300 e. The van der Waals surface area contributed by atoms with Crippen molar-refractivity contribution in [2.45, 2.75) is 18.8 Å². The van der Waals surface area contributed by atoms with Crippen LogP contribution in [0.2, 0.25) is 0 Å². The highest BCUT2D eigenvalue weighted by molar-refractivity contribution is 6.09. The van der Waals surface area contributed by atoms with Crippen LogP contribution in [0.25, 0.3) is 11.0 Å². The van der Waals surface area contributed by atoms with Crippen molar-refractivity contribution >= 4 is 34.0 Å². The van der Waals surface area contributed by atoms with Crippen molar-refractivity contribution < 1.29 is 18.7 Å². The number of fused-ring (bicyclic) bond motifs is 1. The average molecular weight is 454 g/mol. The molecule has 2 aromatic carbocycles. The van der Waals surface area contributed by atoms with Crippen LogP contribution in [0.3, 0.4) is 0 Å². The Balaban J connectivity index is 1.61. The number of benzene rings is 2. The van der Waals surface area contributed by atoms with Crippen LogP contribution in [-0.4, -0.2) is 70.7 Å². The minimum Gasteiger partial charge on any atom is -0.304 e. The van der Waals surface area contributed by atoms with Crippen molar-refractivity contribution in [3.63, 3.8) is 0 Å². The first kappa shape index (κ1) is 21.4. The quantitative estimate of drug-likeness (QED) is 0.413. The lowest BCUT2D eigenvalue weighted by atomic mass is 10.1. The van der Waals surface area contributed by atoms with E-state index in [-0.39, 0.29) is 40.9 Å². The second-order valence-electron chi connectivity index (χ2n) is 8.61. The Bertz CT molecular complexity index is 1220. The van der Waals surface area contributed by atoms with Gasteiger partial charge in [-0.2, -0.15) is 0 Å². The Morgan fingerprint density at radius 1 is 1.15 bits per heavy atom. The fraction of sp³-hybridized carbons (Fsp3) is 0.409. The summed E-state index contributed by atoms with van der Waals surface area (Å²) in [5.74, 6) is -0.436. The first-order valence-corrected chi connectivity index (χ1v) is 10.9. The highest BCUT2D eigenvalue weighted by atomic mass is 19.1. The van der Waals surface area contributed by atoms with E-state index in [2.05, 4.69) is 20.1 Å². The van der Waals surface area contributed by atoms with Crippen LogP contribution in [0, 0.1) is 15.9 Å². The number of rotatable bonds is 6. The standard InChI is InChI=1S/C22H23FN6O4/c1-26-8-10-27(11-9-26)13-20(30)28(17-5-4-15(23)12-16(17)14-2-3-14)18-6-7-19(29(31)32)22-21(18)24-33-25-22/h4-7,12,14H,2-3,8-11,13H2,1H3. The number of hydrogen-bond acceptors (Lipinski definition) is 8. The number of halogens is 1. The van der Waals surface area contributed by atoms with E-state index >= 15 is 0 Å². The van der Waals surface area contributed by atoms with Gasteiger partial charge in [-0.1, -0.05) is 0 Å². The molecule has 1 aliphatic carbocycles. The van der Waals surface area contributed by atoms with Gasteiger partial charge in [-0.25, -0.2) is 9.02 Å². The smallest absolute Gasteiger partial charge is 0.300 e. The lowest BCUT2D eigenvalue weighted by molar-refractivity contribution is -0.383. The number of likely N-dealkylation sites (N-methyl/N-ethyl adjacent to an activating group) is 1. The van der Waals surface area contributed by atoms with Gasteiger partial charge in [0.1, 0.15) is 5.82 Å². The molecule has 3 aromatic rings. The van der Waals surface area contributed by atoms with Crippen LogP contribution < -0.4 is 4.90 Å². The third-order valence-corrected chi connectivity index (χ3v) is 6.26. The fourth-order valence-electron chi connectivity index (χ4n) is 4.28. The van der Waals surface area contributed by atoms with Crippen LogP contribution in [0.4, 0.5) is 21.5 Å². The van der Waals surface area contributed by atoms with Crippen molar-refractivity contribution in [3.8, 4) is 0 Å². The van der Waals surface area contributed by atoms with E-state index in [1.165, 1.54) is 29.2 Å². The predicted molar refractivity (Wildman–Crippen MR) is 118 cm³/mol. The first-order valence-electron chi connectivity index (χ1n) is 10.9. The van der Waals surface area contributed by atoms with Crippen molar-refractivity contribution in [2.75, 3.05) is 44.7 Å². The molecule has 2 fully saturated rings. The topological polar surface area (TPSA) is 109 Å². The number of nitro benzene ring substituents is 1. The van der Waals surface area contributed by atoms with Crippen molar-refractivity contribution in [3.05, 3.63) is 51.8 Å². The number of aromatic nitrogens is 2. The highest BCUT2D eigenvalue weighted by Gasteiger charge is 2.33. The van der Waals surface area contributed by atoms with Crippen LogP contribution in [-0.2, 0) is 4.79 Å². The molecule has 1 saturated carbocycles. The Hall–Kier alpha value is -3.44. The zero-order valence-electron chi connectivity index (χ0n) is 18.1. The SMILES string of the molecule is CN1CCN(CC(=O)N(c2ccc(F)cc2C2CC2)c2ccc([N+](=O)[O-])c3nonc23)CC1. The van der Waals surface area contributed by atoms with E-state index < -0.39 is 4.92 Å². The van der Waals surface area contributed by atoms with Gasteiger partial charge < -0.3 is 4.90 Å². The Morgan fingerprint density at radius 2 is 1.85 bits per heavy atom. The third kappa shape index (κ3) is 4.16. The molecule has 0 N–H and O–H groups in total. The molecule has 0 bridgehead atoms. The number of amides is 1. The van der Waals surface area contributed by atoms with Gasteiger partial charge >= 0.3 is 5.69 Å². The van der Waals surface area contributed by atoms with E-state index in [4.69, 9.17) is 4.63 Å². The molecule has 1 aliphatic heterocycles. The maximum atomic E-state index is 14.1. The summed E-state index contributed by atoms with van der Waals surface area (Å²) in [6.45, 7) is 3.35. The van der Waals surface area contributed by atoms with Gasteiger partial charge in [0.05, 0.1) is 22.8 Å². The number of piperazine rings is 1. The molecule has 172 valence electrons. The fourth-order valence-corrected chi connectivity index (χ4v) is 4.28. The molecule has 2 aliphatic rings. The predicted octanol–water partition coefficient (Wildman–Crippen LogP) is 3.06. The number of nitrogens with zero attached hydrogens (tertiary/aromatic N) is 6. The van der Waals surface area contributed by atoms with E-state index in [1.54, 1.807) is 6.07 Å². The molecule has 0 atom stereocenters. The van der Waals surface area contributed by atoms with Gasteiger partial charge in [-0.15, -0.1) is 0 Å². The largest absolute Gasteiger partial charge is 0.304 e. The summed E-state index contributed by atoms with van der Waals surface area (Å²) in [5, 5.41) is 19.0. The minimum absolute atomic E-state index is 0.0371. The average Bonchev–Trinajstić information content (AvgIpc) is 3.52. The van der Waals surface area contributed by atoms with Gasteiger partial charge in [0.15, 0.2) is 5.52 Å². The lowest BCUT2D eigenvalue weighted by Crippen LogP contribution is -2.48. The second kappa shape index (κ2) is 8.49. The van der Waals surface area contributed by atoms with E-state index in [1.807, 2.05) is 7.05 Å². The number of carbonyl (C=O) groups is 1. The van der Waals surface area contributed by atoms with Gasteiger partial charge in [0.2, 0.25) is 11.4 Å². The number of anilines is 2. The van der Waals surface area contributed by atoms with E-state index in [0.29, 0.717) is 11.4 Å². The van der Waals surface area contributed by atoms with Crippen LogP contribution in [0.1, 0.15) is 24.3 Å². The summed E-state index contributed by atoms with van der Waals surface area (Å²) in [4.78, 5) is 30.3. The van der Waals surface area contributed by atoms with Gasteiger partial charge in [0, 0.05) is 32.2 Å². The zero-order chi connectivity index (χ0) is 23.1. The third-order valence-electron chi connectivity index (χ3n) is 6.26. The Kier molecular flexibility index (Phi) is 5.51. The van der Waals surface area contributed by atoms with Crippen molar-refractivity contribution in [1.29, 1.82) is 0 Å². The molecule has 1 aromatic heterocycles. The van der Waals surface area contributed by atoms with Gasteiger partial charge in [-0.3, -0.25) is 24.7 Å². The zero-order valence-corrected chi connectivity index (χ0v) is 18.1. The van der Waals surface area contributed by atoms with Crippen molar-refractivity contribution in [2.24, 2.45) is 0 Å². The molecule has 0 unspecified atom stereocenters. The summed E-state index contributed by atoms with van der Waals surface area (Å²) < 4.78 is 18.9. The number of non-ortho nitro benzene ring substituents is 1. The van der Waals surface area contributed by atoms with Crippen LogP contribution in [0.5, 0.6) is 0 Å². The Morgan fingerprint density at radius 3 is 2.55 bits per heavy atom. The summed E-state index contributed by atoms with van der Waals surface area (Å²) >= 11 is 0. The molecule has 10 nitrogen and oxygen atoms in total. The first-order chi connectivity index (χ1) is 15.9. The van der Waals surface area contributed by atoms with Gasteiger partial charge in [0.25, 0.3) is 0 Å². The number of nitro groups is 1. The molecule has 1 saturated heterocycles. The summed E-state index contributed by atoms with van der Waals surface area (Å²) in [6, 6.07) is 7.14. The normalized spacial score (nSPS) is 17.4. The molecule has 0 spiro atoms. The van der Waals surface area contributed by atoms with Gasteiger partial charge in [-0.05, 0) is 65.9 Å². The summed E-state index contributed by atoms with van der Waals surface area (Å²) in [6.07, 6.45) is 1.83. The molecule has 0 radical (unpaired) electrons. The molecule has 2 heterocycles. The monoisotopic (exact) mass is 454 g/mol. The maximum absolute atomic E-state index is 14.1. The number of carbonyl (C=O) groups excluding carboxylic acids is 1. The summed E-state index contributed by atoms with van der Waals surface area (Å²) in [7, 11) is 2.04. The molecular weight excluding hydrogens is 431 g/mol. The molecular formula is C22H23FN6O4. The minimum atomic E-state index is -0.569.